The number of hydrogen-bond donors (Lipinski definition) is 1. The lowest BCUT2D eigenvalue weighted by molar-refractivity contribution is 0.0939. The first-order chi connectivity index (χ1) is 10.2. The molecule has 21 heavy (non-hydrogen) atoms. The van der Waals surface area contributed by atoms with Crippen molar-refractivity contribution in [2.75, 3.05) is 0 Å². The van der Waals surface area contributed by atoms with Gasteiger partial charge in [0.25, 0.3) is 5.91 Å². The van der Waals surface area contributed by atoms with Gasteiger partial charge in [-0.25, -0.2) is 4.98 Å². The molecule has 1 aromatic carbocycles. The first-order valence-corrected chi connectivity index (χ1v) is 8.42. The van der Waals surface area contributed by atoms with Crippen LogP contribution in [0.4, 0.5) is 0 Å². The normalized spacial score (nSPS) is 15.7. The van der Waals surface area contributed by atoms with Crippen molar-refractivity contribution < 1.29 is 4.79 Å². The summed E-state index contributed by atoms with van der Waals surface area (Å²) in [5.74, 6) is 0.692. The van der Waals surface area contributed by atoms with E-state index in [1.54, 1.807) is 11.3 Å². The lowest BCUT2D eigenvalue weighted by Crippen LogP contribution is -2.31. The van der Waals surface area contributed by atoms with Gasteiger partial charge in [0.2, 0.25) is 0 Å². The summed E-state index contributed by atoms with van der Waals surface area (Å²) in [5.41, 5.74) is 2.81. The summed E-state index contributed by atoms with van der Waals surface area (Å²) < 4.78 is 0. The van der Waals surface area contributed by atoms with Gasteiger partial charge in [-0.15, -0.1) is 11.3 Å². The van der Waals surface area contributed by atoms with E-state index in [-0.39, 0.29) is 11.9 Å². The standard InChI is InChI=1S/C17H20N2OS/c1-3-11(2)18-16(20)13-6-4-12(5-7-13)15-10-21-17(19-15)14-8-9-14/h4-7,10-11,14H,3,8-9H2,1-2H3,(H,18,20)/t11-/m0/s1. The van der Waals surface area contributed by atoms with E-state index in [9.17, 15) is 4.79 Å². The van der Waals surface area contributed by atoms with Gasteiger partial charge in [-0.1, -0.05) is 19.1 Å². The summed E-state index contributed by atoms with van der Waals surface area (Å²) >= 11 is 1.75. The molecule has 0 aliphatic heterocycles. The molecular weight excluding hydrogens is 280 g/mol. The molecule has 1 aliphatic carbocycles. The molecule has 110 valence electrons. The maximum atomic E-state index is 12.0. The second-order valence-corrected chi connectivity index (χ2v) is 6.60. The molecule has 0 spiro atoms. The number of rotatable bonds is 5. The summed E-state index contributed by atoms with van der Waals surface area (Å²) in [7, 11) is 0. The fraction of sp³-hybridized carbons (Fsp3) is 0.412. The number of carbonyl (C=O) groups is 1. The van der Waals surface area contributed by atoms with E-state index in [2.05, 4.69) is 17.6 Å². The van der Waals surface area contributed by atoms with Crippen molar-refractivity contribution in [3.05, 3.63) is 40.2 Å². The fourth-order valence-corrected chi connectivity index (χ4v) is 3.14. The maximum absolute atomic E-state index is 12.0. The van der Waals surface area contributed by atoms with Crippen molar-refractivity contribution in [2.24, 2.45) is 0 Å². The van der Waals surface area contributed by atoms with Crippen molar-refractivity contribution in [2.45, 2.75) is 45.1 Å². The van der Waals surface area contributed by atoms with Gasteiger partial charge >= 0.3 is 0 Å². The molecule has 3 nitrogen and oxygen atoms in total. The zero-order valence-electron chi connectivity index (χ0n) is 12.4. The largest absolute Gasteiger partial charge is 0.350 e. The summed E-state index contributed by atoms with van der Waals surface area (Å²) in [4.78, 5) is 16.7. The Bertz CT molecular complexity index is 628. The molecule has 0 radical (unpaired) electrons. The van der Waals surface area contributed by atoms with Gasteiger partial charge in [-0.3, -0.25) is 4.79 Å². The van der Waals surface area contributed by atoms with Gasteiger partial charge in [0.15, 0.2) is 0 Å². The van der Waals surface area contributed by atoms with E-state index in [4.69, 9.17) is 4.98 Å². The number of carbonyl (C=O) groups excluding carboxylic acids is 1. The van der Waals surface area contributed by atoms with Gasteiger partial charge in [0, 0.05) is 28.5 Å². The molecule has 1 fully saturated rings. The third kappa shape index (κ3) is 3.32. The van der Waals surface area contributed by atoms with Crippen LogP contribution < -0.4 is 5.32 Å². The van der Waals surface area contributed by atoms with Crippen molar-refractivity contribution in [1.82, 2.24) is 10.3 Å². The van der Waals surface area contributed by atoms with Crippen molar-refractivity contribution >= 4 is 17.2 Å². The molecule has 1 saturated carbocycles. The molecule has 0 saturated heterocycles. The van der Waals surface area contributed by atoms with Crippen LogP contribution in [0.1, 0.15) is 54.4 Å². The summed E-state index contributed by atoms with van der Waals surface area (Å²) in [5, 5.41) is 6.35. The third-order valence-corrected chi connectivity index (χ3v) is 4.89. The fourth-order valence-electron chi connectivity index (χ4n) is 2.14. The van der Waals surface area contributed by atoms with E-state index >= 15 is 0 Å². The second-order valence-electron chi connectivity index (χ2n) is 5.71. The van der Waals surface area contributed by atoms with Gasteiger partial charge in [0.05, 0.1) is 10.7 Å². The minimum atomic E-state index is -0.00662. The highest BCUT2D eigenvalue weighted by atomic mass is 32.1. The predicted molar refractivity (Wildman–Crippen MR) is 86.7 cm³/mol. The Morgan fingerprint density at radius 3 is 2.71 bits per heavy atom. The molecular formula is C17H20N2OS. The topological polar surface area (TPSA) is 42.0 Å². The van der Waals surface area contributed by atoms with Gasteiger partial charge in [-0.05, 0) is 38.3 Å². The van der Waals surface area contributed by atoms with Gasteiger partial charge in [0.1, 0.15) is 0 Å². The first kappa shape index (κ1) is 14.3. The molecule has 3 rings (SSSR count). The average Bonchev–Trinajstić information content (AvgIpc) is 3.24. The molecule has 1 heterocycles. The van der Waals surface area contributed by atoms with E-state index in [1.807, 2.05) is 31.2 Å². The Labute approximate surface area is 129 Å². The summed E-state index contributed by atoms with van der Waals surface area (Å²) in [6.07, 6.45) is 3.50. The molecule has 2 aromatic rings. The Morgan fingerprint density at radius 1 is 1.38 bits per heavy atom. The van der Waals surface area contributed by atoms with Crippen LogP contribution in [0.3, 0.4) is 0 Å². The number of benzene rings is 1. The molecule has 0 unspecified atom stereocenters. The van der Waals surface area contributed by atoms with Crippen LogP contribution in [0.2, 0.25) is 0 Å². The minimum Gasteiger partial charge on any atom is -0.350 e. The molecule has 0 bridgehead atoms. The first-order valence-electron chi connectivity index (χ1n) is 7.54. The van der Waals surface area contributed by atoms with Crippen LogP contribution in [-0.4, -0.2) is 16.9 Å². The van der Waals surface area contributed by atoms with Crippen LogP contribution in [0.25, 0.3) is 11.3 Å². The van der Waals surface area contributed by atoms with Crippen LogP contribution in [0.5, 0.6) is 0 Å². The molecule has 1 amide bonds. The van der Waals surface area contributed by atoms with Crippen molar-refractivity contribution in [3.63, 3.8) is 0 Å². The van der Waals surface area contributed by atoms with E-state index in [0.717, 1.165) is 17.7 Å². The lowest BCUT2D eigenvalue weighted by Gasteiger charge is -2.11. The third-order valence-electron chi connectivity index (χ3n) is 3.88. The number of nitrogens with zero attached hydrogens (tertiary/aromatic N) is 1. The summed E-state index contributed by atoms with van der Waals surface area (Å²) in [6, 6.07) is 7.93. The van der Waals surface area contributed by atoms with Crippen LogP contribution in [-0.2, 0) is 0 Å². The van der Waals surface area contributed by atoms with Crippen molar-refractivity contribution in [3.8, 4) is 11.3 Å². The zero-order valence-corrected chi connectivity index (χ0v) is 13.2. The Morgan fingerprint density at radius 2 is 2.10 bits per heavy atom. The van der Waals surface area contributed by atoms with E-state index < -0.39 is 0 Å². The number of thiazole rings is 1. The second kappa shape index (κ2) is 5.98. The number of nitrogens with one attached hydrogen (secondary N) is 1. The molecule has 4 heteroatoms. The molecule has 1 N–H and O–H groups in total. The van der Waals surface area contributed by atoms with Gasteiger partial charge < -0.3 is 5.32 Å². The number of aromatic nitrogens is 1. The number of hydrogen-bond acceptors (Lipinski definition) is 3. The highest BCUT2D eigenvalue weighted by Gasteiger charge is 2.26. The average molecular weight is 300 g/mol. The molecule has 1 atom stereocenters. The monoisotopic (exact) mass is 300 g/mol. The van der Waals surface area contributed by atoms with Crippen LogP contribution in [0.15, 0.2) is 29.6 Å². The predicted octanol–water partition coefficient (Wildman–Crippen LogP) is 4.22. The summed E-state index contributed by atoms with van der Waals surface area (Å²) in [6.45, 7) is 4.08. The smallest absolute Gasteiger partial charge is 0.251 e. The molecule has 1 aliphatic rings. The van der Waals surface area contributed by atoms with Crippen LogP contribution >= 0.6 is 11.3 Å². The van der Waals surface area contributed by atoms with E-state index in [1.165, 1.54) is 17.8 Å². The zero-order chi connectivity index (χ0) is 14.8. The van der Waals surface area contributed by atoms with Crippen LogP contribution in [0, 0.1) is 0 Å². The van der Waals surface area contributed by atoms with E-state index in [0.29, 0.717) is 11.5 Å². The Balaban J connectivity index is 1.72. The number of amides is 1. The highest BCUT2D eigenvalue weighted by molar-refractivity contribution is 7.10. The minimum absolute atomic E-state index is 0.00662. The maximum Gasteiger partial charge on any atom is 0.251 e. The Kier molecular flexibility index (Phi) is 4.06. The molecule has 1 aromatic heterocycles. The van der Waals surface area contributed by atoms with Gasteiger partial charge in [-0.2, -0.15) is 0 Å². The lowest BCUT2D eigenvalue weighted by atomic mass is 10.1. The SMILES string of the molecule is CC[C@H](C)NC(=O)c1ccc(-c2csc(C3CC3)n2)cc1. The highest BCUT2D eigenvalue weighted by Crippen LogP contribution is 2.42. The van der Waals surface area contributed by atoms with Crippen molar-refractivity contribution in [1.29, 1.82) is 0 Å². The Hall–Kier alpha value is -1.68. The quantitative estimate of drug-likeness (QED) is 0.898.